The molecule has 0 bridgehead atoms. The lowest BCUT2D eigenvalue weighted by Gasteiger charge is -2.37. The van der Waals surface area contributed by atoms with Crippen molar-refractivity contribution in [3.63, 3.8) is 0 Å². The molecule has 4 aromatic carbocycles. The zero-order valence-electron chi connectivity index (χ0n) is 23.2. The molecule has 4 heterocycles. The molecular weight excluding hydrogens is 544 g/mol. The fraction of sp³-hybridized carbons (Fsp3) is 0.171. The van der Waals surface area contributed by atoms with Crippen molar-refractivity contribution in [2.24, 2.45) is 5.92 Å². The van der Waals surface area contributed by atoms with Crippen molar-refractivity contribution < 1.29 is 28.6 Å². The van der Waals surface area contributed by atoms with Crippen LogP contribution in [0, 0.1) is 5.92 Å². The summed E-state index contributed by atoms with van der Waals surface area (Å²) in [5.74, 6) is -0.484. The van der Waals surface area contributed by atoms with Crippen molar-refractivity contribution in [3.8, 4) is 17.2 Å². The highest BCUT2D eigenvalue weighted by molar-refractivity contribution is 6.18. The summed E-state index contributed by atoms with van der Waals surface area (Å²) in [6, 6.07) is 25.5. The van der Waals surface area contributed by atoms with Crippen LogP contribution in [0.15, 0.2) is 97.1 Å². The number of ketones is 2. The van der Waals surface area contributed by atoms with Gasteiger partial charge in [-0.15, -0.1) is 0 Å². The van der Waals surface area contributed by atoms with Crippen molar-refractivity contribution in [3.05, 3.63) is 119 Å². The maximum Gasteiger partial charge on any atom is 0.238 e. The Morgan fingerprint density at radius 3 is 2.56 bits per heavy atom. The first-order chi connectivity index (χ1) is 21.0. The fourth-order valence-electron chi connectivity index (χ4n) is 7.30. The first kappa shape index (κ1) is 25.3. The molecule has 8 heteroatoms. The Morgan fingerprint density at radius 2 is 1.67 bits per heavy atom. The van der Waals surface area contributed by atoms with Crippen molar-refractivity contribution in [1.82, 2.24) is 0 Å². The van der Waals surface area contributed by atoms with Gasteiger partial charge in [0.2, 0.25) is 12.7 Å². The van der Waals surface area contributed by atoms with Gasteiger partial charge in [0.1, 0.15) is 17.2 Å². The third-order valence-electron chi connectivity index (χ3n) is 9.10. The molecule has 0 saturated carbocycles. The van der Waals surface area contributed by atoms with Gasteiger partial charge in [-0.25, -0.2) is 0 Å². The van der Waals surface area contributed by atoms with Crippen molar-refractivity contribution in [2.45, 2.75) is 17.5 Å². The minimum absolute atomic E-state index is 0.0600. The molecule has 1 fully saturated rings. The summed E-state index contributed by atoms with van der Waals surface area (Å²) in [4.78, 5) is 46.2. The maximum absolute atomic E-state index is 15.0. The Morgan fingerprint density at radius 1 is 0.884 bits per heavy atom. The minimum atomic E-state index is -1.40. The van der Waals surface area contributed by atoms with Crippen LogP contribution in [0.25, 0.3) is 6.08 Å². The Bertz CT molecular complexity index is 1880. The van der Waals surface area contributed by atoms with Gasteiger partial charge in [0.05, 0.1) is 19.1 Å². The van der Waals surface area contributed by atoms with Crippen molar-refractivity contribution in [1.29, 1.82) is 0 Å². The third-order valence-corrected chi connectivity index (χ3v) is 9.10. The summed E-state index contributed by atoms with van der Waals surface area (Å²) < 4.78 is 16.5. The maximum atomic E-state index is 15.0. The van der Waals surface area contributed by atoms with Gasteiger partial charge in [0.25, 0.3) is 0 Å². The first-order valence-electron chi connectivity index (χ1n) is 14.1. The highest BCUT2D eigenvalue weighted by atomic mass is 16.7. The molecule has 4 unspecified atom stereocenters. The van der Waals surface area contributed by atoms with Gasteiger partial charge in [0, 0.05) is 22.5 Å². The number of hydrogen-bond acceptors (Lipinski definition) is 7. The topological polar surface area (TPSA) is 94.2 Å². The second-order valence-electron chi connectivity index (χ2n) is 11.1. The molecule has 4 atom stereocenters. The number of carbonyl (C=O) groups excluding carboxylic acids is 3. The lowest BCUT2D eigenvalue weighted by atomic mass is 9.64. The van der Waals surface area contributed by atoms with Gasteiger partial charge in [-0.3, -0.25) is 14.4 Å². The molecule has 8 rings (SSSR count). The highest BCUT2D eigenvalue weighted by Gasteiger charge is 2.70. The zero-order chi connectivity index (χ0) is 29.3. The lowest BCUT2D eigenvalue weighted by Crippen LogP contribution is -2.51. The summed E-state index contributed by atoms with van der Waals surface area (Å²) >= 11 is 0. The lowest BCUT2D eigenvalue weighted by molar-refractivity contribution is -0.121. The summed E-state index contributed by atoms with van der Waals surface area (Å²) in [7, 11) is 1.54. The van der Waals surface area contributed by atoms with Crippen LogP contribution in [0.1, 0.15) is 31.8 Å². The van der Waals surface area contributed by atoms with E-state index in [-0.39, 0.29) is 24.3 Å². The average Bonchev–Trinajstić information content (AvgIpc) is 3.73. The third kappa shape index (κ3) is 3.46. The number of rotatable bonds is 5. The molecule has 1 N–H and O–H groups in total. The van der Waals surface area contributed by atoms with Crippen LogP contribution in [0.3, 0.4) is 0 Å². The number of anilines is 2. The van der Waals surface area contributed by atoms with Gasteiger partial charge in [0.15, 0.2) is 23.1 Å². The van der Waals surface area contributed by atoms with Crippen LogP contribution in [0.4, 0.5) is 11.4 Å². The summed E-state index contributed by atoms with van der Waals surface area (Å²) in [6.45, 7) is 0.0600. The molecule has 212 valence electrons. The largest absolute Gasteiger partial charge is 0.497 e. The number of benzene rings is 4. The van der Waals surface area contributed by atoms with E-state index in [1.54, 1.807) is 49.6 Å². The molecule has 4 aromatic rings. The van der Waals surface area contributed by atoms with E-state index in [4.69, 9.17) is 14.2 Å². The number of carbonyl (C=O) groups is 3. The number of nitrogens with one attached hydrogen (secondary N) is 1. The molecule has 4 aliphatic heterocycles. The SMILES string of the molecule is COc1cccc(C(=O)C2C(C(=O)c3ccc4c(c3)OCO4)C3(C(=O)Nc4ccccc43)C3C=Cc4ccccc4N23)c1. The number of ether oxygens (including phenoxy) is 3. The number of fused-ring (bicyclic) bond motifs is 7. The number of hydrogen-bond donors (Lipinski definition) is 1. The Labute approximate surface area is 247 Å². The normalized spacial score (nSPS) is 23.9. The predicted molar refractivity (Wildman–Crippen MR) is 160 cm³/mol. The van der Waals surface area contributed by atoms with Gasteiger partial charge >= 0.3 is 0 Å². The number of Topliss-reactive ketones (excluding diaryl/α,β-unsaturated/α-hetero) is 2. The van der Waals surface area contributed by atoms with E-state index in [0.717, 1.165) is 11.3 Å². The summed E-state index contributed by atoms with van der Waals surface area (Å²) in [5, 5.41) is 3.05. The van der Waals surface area contributed by atoms with Crippen LogP contribution in [0.5, 0.6) is 17.2 Å². The van der Waals surface area contributed by atoms with Gasteiger partial charge in [-0.2, -0.15) is 0 Å². The molecule has 43 heavy (non-hydrogen) atoms. The van der Waals surface area contributed by atoms with E-state index in [0.29, 0.717) is 39.6 Å². The summed E-state index contributed by atoms with van der Waals surface area (Å²) in [6.07, 6.45) is 3.94. The van der Waals surface area contributed by atoms with E-state index in [1.807, 2.05) is 65.6 Å². The number of para-hydroxylation sites is 2. The van der Waals surface area contributed by atoms with E-state index >= 15 is 0 Å². The van der Waals surface area contributed by atoms with Crippen LogP contribution in [-0.2, 0) is 10.2 Å². The Kier molecular flexibility index (Phi) is 5.50. The fourth-order valence-corrected chi connectivity index (χ4v) is 7.30. The molecule has 1 spiro atoms. The van der Waals surface area contributed by atoms with Crippen LogP contribution < -0.4 is 24.4 Å². The minimum Gasteiger partial charge on any atom is -0.497 e. The van der Waals surface area contributed by atoms with E-state index in [1.165, 1.54) is 0 Å². The smallest absolute Gasteiger partial charge is 0.238 e. The molecule has 4 aliphatic rings. The van der Waals surface area contributed by atoms with E-state index < -0.39 is 23.4 Å². The Hall–Kier alpha value is -5.37. The molecule has 0 aromatic heterocycles. The number of methoxy groups -OCH3 is 1. The quantitative estimate of drug-likeness (QED) is 0.326. The van der Waals surface area contributed by atoms with Gasteiger partial charge in [-0.05, 0) is 53.6 Å². The van der Waals surface area contributed by atoms with Crippen molar-refractivity contribution in [2.75, 3.05) is 24.1 Å². The molecular formula is C35H26N2O6. The highest BCUT2D eigenvalue weighted by Crippen LogP contribution is 2.58. The summed E-state index contributed by atoms with van der Waals surface area (Å²) in [5.41, 5.74) is 2.35. The second kappa shape index (κ2) is 9.32. The van der Waals surface area contributed by atoms with Crippen LogP contribution in [0.2, 0.25) is 0 Å². The van der Waals surface area contributed by atoms with Gasteiger partial charge in [-0.1, -0.05) is 60.7 Å². The van der Waals surface area contributed by atoms with Crippen LogP contribution in [-0.4, -0.2) is 43.5 Å². The number of nitrogens with zero attached hydrogens (tertiary/aromatic N) is 1. The molecule has 0 aliphatic carbocycles. The standard InChI is InChI=1S/C35H26N2O6/c1-41-23-9-6-8-21(17-23)33(39)31-30(32(38)22-13-15-27-28(18-22)43-19-42-27)35(24-10-3-4-11-25(24)36-34(35)40)29-16-14-20-7-2-5-12-26(20)37(29)31/h2-18,29-31H,19H2,1H3,(H,36,40). The average molecular weight is 571 g/mol. The predicted octanol–water partition coefficient (Wildman–Crippen LogP) is 5.28. The number of amides is 1. The van der Waals surface area contributed by atoms with Crippen LogP contribution >= 0.6 is 0 Å². The molecule has 8 nitrogen and oxygen atoms in total. The molecule has 0 radical (unpaired) electrons. The second-order valence-corrected chi connectivity index (χ2v) is 11.1. The van der Waals surface area contributed by atoms with E-state index in [2.05, 4.69) is 5.32 Å². The van der Waals surface area contributed by atoms with E-state index in [9.17, 15) is 14.4 Å². The zero-order valence-corrected chi connectivity index (χ0v) is 23.2. The Balaban J connectivity index is 1.41. The molecule has 1 saturated heterocycles. The van der Waals surface area contributed by atoms with Gasteiger partial charge < -0.3 is 24.4 Å². The van der Waals surface area contributed by atoms with Crippen molar-refractivity contribution >= 4 is 34.9 Å². The first-order valence-corrected chi connectivity index (χ1v) is 14.1. The monoisotopic (exact) mass is 570 g/mol. The molecule has 1 amide bonds.